The summed E-state index contributed by atoms with van der Waals surface area (Å²) in [6.07, 6.45) is 0. The molecule has 2 aromatic carbocycles. The molecule has 5 heteroatoms. The maximum absolute atomic E-state index is 14.0. The molecule has 0 aliphatic carbocycles. The maximum atomic E-state index is 14.0. The standard InChI is InChI=1S/C14H13Cl2FN2/c1-8-5-6-9(7-12(8)16)14(19-18)10-3-2-4-11(15)13(10)17/h2-7,14,19H,18H2,1H3. The number of hydrogen-bond acceptors (Lipinski definition) is 2. The Labute approximate surface area is 121 Å². The molecular weight excluding hydrogens is 286 g/mol. The number of benzene rings is 2. The van der Waals surface area contributed by atoms with Gasteiger partial charge in [0.05, 0.1) is 11.1 Å². The van der Waals surface area contributed by atoms with Crippen molar-refractivity contribution in [3.63, 3.8) is 0 Å². The Morgan fingerprint density at radius 1 is 1.16 bits per heavy atom. The first-order valence-electron chi connectivity index (χ1n) is 5.70. The SMILES string of the molecule is Cc1ccc(C(NN)c2cccc(Cl)c2F)cc1Cl. The van der Waals surface area contributed by atoms with Crippen LogP contribution in [0.2, 0.25) is 10.0 Å². The molecule has 100 valence electrons. The number of rotatable bonds is 3. The van der Waals surface area contributed by atoms with Crippen LogP contribution in [0.4, 0.5) is 4.39 Å². The summed E-state index contributed by atoms with van der Waals surface area (Å²) in [5.74, 6) is 5.06. The molecule has 0 saturated carbocycles. The van der Waals surface area contributed by atoms with Gasteiger partial charge >= 0.3 is 0 Å². The van der Waals surface area contributed by atoms with E-state index in [-0.39, 0.29) is 5.02 Å². The summed E-state index contributed by atoms with van der Waals surface area (Å²) in [5, 5.41) is 0.677. The van der Waals surface area contributed by atoms with Gasteiger partial charge < -0.3 is 0 Å². The van der Waals surface area contributed by atoms with Gasteiger partial charge in [0.25, 0.3) is 0 Å². The van der Waals surface area contributed by atoms with Gasteiger partial charge in [-0.1, -0.05) is 47.5 Å². The zero-order valence-electron chi connectivity index (χ0n) is 10.3. The summed E-state index contributed by atoms with van der Waals surface area (Å²) in [5.41, 5.74) is 4.70. The highest BCUT2D eigenvalue weighted by molar-refractivity contribution is 6.31. The molecule has 0 saturated heterocycles. The third kappa shape index (κ3) is 2.90. The lowest BCUT2D eigenvalue weighted by atomic mass is 9.98. The van der Waals surface area contributed by atoms with Crippen LogP contribution in [0.1, 0.15) is 22.7 Å². The molecule has 2 rings (SSSR count). The zero-order valence-corrected chi connectivity index (χ0v) is 11.8. The minimum absolute atomic E-state index is 0.0657. The fourth-order valence-corrected chi connectivity index (χ4v) is 2.27. The smallest absolute Gasteiger partial charge is 0.146 e. The van der Waals surface area contributed by atoms with Crippen molar-refractivity contribution in [3.05, 3.63) is 69.0 Å². The van der Waals surface area contributed by atoms with Crippen LogP contribution in [0.15, 0.2) is 36.4 Å². The maximum Gasteiger partial charge on any atom is 0.146 e. The van der Waals surface area contributed by atoms with E-state index in [0.29, 0.717) is 10.6 Å². The molecule has 0 amide bonds. The van der Waals surface area contributed by atoms with Gasteiger partial charge in [-0.3, -0.25) is 5.84 Å². The Morgan fingerprint density at radius 3 is 2.53 bits per heavy atom. The van der Waals surface area contributed by atoms with E-state index in [0.717, 1.165) is 11.1 Å². The number of hydrogen-bond donors (Lipinski definition) is 2. The minimum atomic E-state index is -0.503. The van der Waals surface area contributed by atoms with Crippen LogP contribution in [0, 0.1) is 12.7 Å². The van der Waals surface area contributed by atoms with Gasteiger partial charge in [-0.25, -0.2) is 9.82 Å². The first-order valence-corrected chi connectivity index (χ1v) is 6.46. The molecule has 2 nitrogen and oxygen atoms in total. The molecule has 0 bridgehead atoms. The van der Waals surface area contributed by atoms with Crippen molar-refractivity contribution in [1.29, 1.82) is 0 Å². The summed E-state index contributed by atoms with van der Waals surface area (Å²) in [4.78, 5) is 0. The van der Waals surface area contributed by atoms with E-state index in [2.05, 4.69) is 5.43 Å². The molecule has 3 N–H and O–H groups in total. The Morgan fingerprint density at radius 2 is 1.89 bits per heavy atom. The fraction of sp³-hybridized carbons (Fsp3) is 0.143. The van der Waals surface area contributed by atoms with Crippen LogP contribution >= 0.6 is 23.2 Å². The third-order valence-corrected chi connectivity index (χ3v) is 3.69. The zero-order chi connectivity index (χ0) is 14.0. The molecule has 0 aliphatic rings. The van der Waals surface area contributed by atoms with E-state index >= 15 is 0 Å². The normalized spacial score (nSPS) is 12.5. The van der Waals surface area contributed by atoms with Crippen LogP contribution in [-0.2, 0) is 0 Å². The molecule has 0 spiro atoms. The molecule has 0 heterocycles. The van der Waals surface area contributed by atoms with E-state index in [4.69, 9.17) is 29.0 Å². The van der Waals surface area contributed by atoms with E-state index in [1.54, 1.807) is 18.2 Å². The second-order valence-corrected chi connectivity index (χ2v) is 5.07. The van der Waals surface area contributed by atoms with Gasteiger partial charge in [0, 0.05) is 10.6 Å². The van der Waals surface area contributed by atoms with Gasteiger partial charge in [0.15, 0.2) is 0 Å². The summed E-state index contributed by atoms with van der Waals surface area (Å²) in [6.45, 7) is 1.90. The second kappa shape index (κ2) is 5.88. The van der Waals surface area contributed by atoms with Crippen molar-refractivity contribution >= 4 is 23.2 Å². The second-order valence-electron chi connectivity index (χ2n) is 4.25. The Kier molecular flexibility index (Phi) is 4.42. The highest BCUT2D eigenvalue weighted by atomic mass is 35.5. The molecule has 0 radical (unpaired) electrons. The van der Waals surface area contributed by atoms with Crippen molar-refractivity contribution < 1.29 is 4.39 Å². The lowest BCUT2D eigenvalue weighted by Crippen LogP contribution is -2.29. The van der Waals surface area contributed by atoms with Crippen molar-refractivity contribution in [3.8, 4) is 0 Å². The van der Waals surface area contributed by atoms with E-state index in [9.17, 15) is 4.39 Å². The van der Waals surface area contributed by atoms with Gasteiger partial charge in [-0.05, 0) is 30.2 Å². The highest BCUT2D eigenvalue weighted by Gasteiger charge is 2.18. The third-order valence-electron chi connectivity index (χ3n) is 2.99. The summed E-state index contributed by atoms with van der Waals surface area (Å²) in [7, 11) is 0. The largest absolute Gasteiger partial charge is 0.271 e. The lowest BCUT2D eigenvalue weighted by molar-refractivity contribution is 0.560. The van der Waals surface area contributed by atoms with Crippen LogP contribution < -0.4 is 11.3 Å². The summed E-state index contributed by atoms with van der Waals surface area (Å²) < 4.78 is 14.0. The van der Waals surface area contributed by atoms with Gasteiger partial charge in [0.2, 0.25) is 0 Å². The van der Waals surface area contributed by atoms with Crippen LogP contribution in [-0.4, -0.2) is 0 Å². The first kappa shape index (κ1) is 14.3. The van der Waals surface area contributed by atoms with Crippen molar-refractivity contribution in [2.75, 3.05) is 0 Å². The van der Waals surface area contributed by atoms with E-state index in [1.807, 2.05) is 19.1 Å². The molecule has 0 fully saturated rings. The Bertz CT molecular complexity index is 602. The van der Waals surface area contributed by atoms with Gasteiger partial charge in [-0.15, -0.1) is 0 Å². The number of halogens is 3. The monoisotopic (exact) mass is 298 g/mol. The summed E-state index contributed by atoms with van der Waals surface area (Å²) in [6, 6.07) is 9.80. The highest BCUT2D eigenvalue weighted by Crippen LogP contribution is 2.29. The topological polar surface area (TPSA) is 38.0 Å². The quantitative estimate of drug-likeness (QED) is 0.664. The Balaban J connectivity index is 2.50. The van der Waals surface area contributed by atoms with Crippen molar-refractivity contribution in [2.45, 2.75) is 13.0 Å². The van der Waals surface area contributed by atoms with E-state index in [1.165, 1.54) is 6.07 Å². The molecule has 1 unspecified atom stereocenters. The minimum Gasteiger partial charge on any atom is -0.271 e. The number of nitrogens with two attached hydrogens (primary N) is 1. The van der Waals surface area contributed by atoms with Crippen LogP contribution in [0.5, 0.6) is 0 Å². The lowest BCUT2D eigenvalue weighted by Gasteiger charge is -2.18. The summed E-state index contributed by atoms with van der Waals surface area (Å²) >= 11 is 11.9. The fourth-order valence-electron chi connectivity index (χ4n) is 1.90. The number of hydrazine groups is 1. The van der Waals surface area contributed by atoms with E-state index < -0.39 is 11.9 Å². The Hall–Kier alpha value is -1.13. The number of aryl methyl sites for hydroxylation is 1. The van der Waals surface area contributed by atoms with Crippen LogP contribution in [0.25, 0.3) is 0 Å². The average molecular weight is 299 g/mol. The molecular formula is C14H13Cl2FN2. The van der Waals surface area contributed by atoms with Gasteiger partial charge in [-0.2, -0.15) is 0 Å². The molecule has 2 aromatic rings. The molecule has 1 atom stereocenters. The molecule has 19 heavy (non-hydrogen) atoms. The average Bonchev–Trinajstić information content (AvgIpc) is 2.39. The van der Waals surface area contributed by atoms with Crippen LogP contribution in [0.3, 0.4) is 0 Å². The van der Waals surface area contributed by atoms with Crippen molar-refractivity contribution in [1.82, 2.24) is 5.43 Å². The van der Waals surface area contributed by atoms with Gasteiger partial charge in [0.1, 0.15) is 5.82 Å². The van der Waals surface area contributed by atoms with Crippen molar-refractivity contribution in [2.24, 2.45) is 5.84 Å². The first-order chi connectivity index (χ1) is 9.04. The predicted molar refractivity (Wildman–Crippen MR) is 76.8 cm³/mol. The number of nitrogens with one attached hydrogen (secondary N) is 1. The molecule has 0 aliphatic heterocycles. The molecule has 0 aromatic heterocycles. The predicted octanol–water partition coefficient (Wildman–Crippen LogP) is 3.99.